The van der Waals surface area contributed by atoms with Crippen LogP contribution < -0.4 is 16.2 Å². The van der Waals surface area contributed by atoms with Crippen LogP contribution in [0.2, 0.25) is 0 Å². The Morgan fingerprint density at radius 2 is 1.93 bits per heavy atom. The Morgan fingerprint density at radius 3 is 2.79 bits per heavy atom. The molecule has 3 N–H and O–H groups in total. The number of rotatable bonds is 5. The second-order valence-corrected chi connectivity index (χ2v) is 7.33. The maximum absolute atomic E-state index is 12.6. The fourth-order valence-corrected chi connectivity index (χ4v) is 3.84. The van der Waals surface area contributed by atoms with Gasteiger partial charge in [0.15, 0.2) is 5.58 Å². The van der Waals surface area contributed by atoms with Gasteiger partial charge in [-0.25, -0.2) is 15.4 Å². The Labute approximate surface area is 167 Å². The average Bonchev–Trinajstić information content (AvgIpc) is 3.44. The summed E-state index contributed by atoms with van der Waals surface area (Å²) in [4.78, 5) is 21.6. The first-order valence-electron chi connectivity index (χ1n) is 9.72. The predicted octanol–water partition coefficient (Wildman–Crippen LogP) is 2.04. The van der Waals surface area contributed by atoms with Crippen LogP contribution in [0.4, 0.5) is 0 Å². The van der Waals surface area contributed by atoms with E-state index in [0.717, 1.165) is 34.5 Å². The molecule has 8 heteroatoms. The number of hydrogen-bond donors (Lipinski definition) is 3. The topological polar surface area (TPSA) is 97.0 Å². The molecule has 4 aromatic rings. The Morgan fingerprint density at radius 1 is 1.14 bits per heavy atom. The van der Waals surface area contributed by atoms with Crippen LogP contribution in [0.3, 0.4) is 0 Å². The molecule has 148 valence electrons. The van der Waals surface area contributed by atoms with Crippen molar-refractivity contribution < 1.29 is 9.21 Å². The van der Waals surface area contributed by atoms with E-state index in [1.54, 1.807) is 0 Å². The van der Waals surface area contributed by atoms with Crippen LogP contribution in [0, 0.1) is 6.92 Å². The van der Waals surface area contributed by atoms with Crippen molar-refractivity contribution in [1.29, 1.82) is 0 Å². The minimum Gasteiger partial charge on any atom is -0.439 e. The van der Waals surface area contributed by atoms with Gasteiger partial charge in [-0.15, -0.1) is 0 Å². The Hall–Kier alpha value is -3.23. The second-order valence-electron chi connectivity index (χ2n) is 7.33. The summed E-state index contributed by atoms with van der Waals surface area (Å²) in [7, 11) is 0. The standard InChI is InChI=1S/C21H22N6O2/c1-13-23-15-6-2-4-8-18(15)27(13)12-14-10-17(26-25-14)21(28)22-11-20-24-16-7-3-5-9-19(16)29-20/h2-9,14,17,25-26H,10-12H2,1H3,(H,22,28). The van der Waals surface area contributed by atoms with Gasteiger partial charge in [-0.3, -0.25) is 10.2 Å². The van der Waals surface area contributed by atoms with Crippen molar-refractivity contribution >= 4 is 28.0 Å². The first kappa shape index (κ1) is 17.8. The molecule has 2 aromatic carbocycles. The van der Waals surface area contributed by atoms with Gasteiger partial charge < -0.3 is 14.3 Å². The number of para-hydroxylation sites is 4. The zero-order valence-corrected chi connectivity index (χ0v) is 16.1. The first-order valence-corrected chi connectivity index (χ1v) is 9.72. The smallest absolute Gasteiger partial charge is 0.238 e. The molecule has 5 rings (SSSR count). The minimum atomic E-state index is -0.306. The minimum absolute atomic E-state index is 0.0746. The summed E-state index contributed by atoms with van der Waals surface area (Å²) in [5, 5.41) is 2.91. The number of hydrogen-bond acceptors (Lipinski definition) is 6. The number of oxazole rings is 1. The monoisotopic (exact) mass is 390 g/mol. The highest BCUT2D eigenvalue weighted by Gasteiger charge is 2.30. The predicted molar refractivity (Wildman–Crippen MR) is 109 cm³/mol. The SMILES string of the molecule is Cc1nc2ccccc2n1CC1CC(C(=O)NCc2nc3ccccc3o2)NN1. The van der Waals surface area contributed by atoms with Crippen LogP contribution in [-0.4, -0.2) is 32.5 Å². The van der Waals surface area contributed by atoms with Gasteiger partial charge in [0.1, 0.15) is 17.4 Å². The lowest BCUT2D eigenvalue weighted by Crippen LogP contribution is -2.43. The van der Waals surface area contributed by atoms with E-state index in [-0.39, 0.29) is 24.5 Å². The molecule has 1 saturated heterocycles. The number of amides is 1. The second kappa shape index (κ2) is 7.31. The lowest BCUT2D eigenvalue weighted by atomic mass is 10.1. The van der Waals surface area contributed by atoms with E-state index in [4.69, 9.17) is 4.42 Å². The normalized spacial score (nSPS) is 19.2. The number of hydrazine groups is 1. The molecule has 2 aromatic heterocycles. The van der Waals surface area contributed by atoms with Crippen molar-refractivity contribution in [2.45, 2.75) is 38.5 Å². The van der Waals surface area contributed by atoms with Crippen LogP contribution in [-0.2, 0) is 17.9 Å². The van der Waals surface area contributed by atoms with Crippen LogP contribution in [0.1, 0.15) is 18.1 Å². The summed E-state index contributed by atoms with van der Waals surface area (Å²) in [6, 6.07) is 15.5. The molecule has 3 heterocycles. The molecular weight excluding hydrogens is 368 g/mol. The number of nitrogens with zero attached hydrogens (tertiary/aromatic N) is 3. The number of nitrogens with one attached hydrogen (secondary N) is 3. The third kappa shape index (κ3) is 3.48. The number of carbonyl (C=O) groups excluding carboxylic acids is 1. The van der Waals surface area contributed by atoms with E-state index >= 15 is 0 Å². The highest BCUT2D eigenvalue weighted by Crippen LogP contribution is 2.18. The lowest BCUT2D eigenvalue weighted by Gasteiger charge is -2.13. The average molecular weight is 390 g/mol. The summed E-state index contributed by atoms with van der Waals surface area (Å²) >= 11 is 0. The van der Waals surface area contributed by atoms with Crippen LogP contribution in [0.25, 0.3) is 22.1 Å². The molecule has 1 aliphatic heterocycles. The summed E-state index contributed by atoms with van der Waals surface area (Å²) in [6.45, 7) is 3.02. The highest BCUT2D eigenvalue weighted by molar-refractivity contribution is 5.82. The van der Waals surface area contributed by atoms with E-state index in [1.807, 2.05) is 49.4 Å². The molecule has 29 heavy (non-hydrogen) atoms. The number of fused-ring (bicyclic) bond motifs is 2. The summed E-state index contributed by atoms with van der Waals surface area (Å²) < 4.78 is 7.84. The van der Waals surface area contributed by atoms with Crippen molar-refractivity contribution in [2.75, 3.05) is 0 Å². The van der Waals surface area contributed by atoms with Gasteiger partial charge in [-0.1, -0.05) is 24.3 Å². The van der Waals surface area contributed by atoms with Crippen molar-refractivity contribution in [2.24, 2.45) is 0 Å². The van der Waals surface area contributed by atoms with Crippen LogP contribution in [0.5, 0.6) is 0 Å². The number of aromatic nitrogens is 3. The molecule has 0 spiro atoms. The van der Waals surface area contributed by atoms with Gasteiger partial charge in [0, 0.05) is 12.6 Å². The van der Waals surface area contributed by atoms with E-state index in [1.165, 1.54) is 0 Å². The third-order valence-electron chi connectivity index (χ3n) is 5.30. The Bertz CT molecular complexity index is 1150. The first-order chi connectivity index (χ1) is 14.2. The fraction of sp³-hybridized carbons (Fsp3) is 0.286. The molecule has 0 bridgehead atoms. The molecule has 8 nitrogen and oxygen atoms in total. The third-order valence-corrected chi connectivity index (χ3v) is 5.30. The number of carbonyl (C=O) groups is 1. The summed E-state index contributed by atoms with van der Waals surface area (Å²) in [5.74, 6) is 1.40. The Balaban J connectivity index is 1.20. The molecular formula is C21H22N6O2. The van der Waals surface area contributed by atoms with E-state index in [0.29, 0.717) is 12.3 Å². The zero-order valence-electron chi connectivity index (χ0n) is 16.1. The quantitative estimate of drug-likeness (QED) is 0.483. The molecule has 0 saturated carbocycles. The molecule has 0 radical (unpaired) electrons. The van der Waals surface area contributed by atoms with Gasteiger partial charge >= 0.3 is 0 Å². The van der Waals surface area contributed by atoms with Crippen molar-refractivity contribution in [1.82, 2.24) is 30.7 Å². The van der Waals surface area contributed by atoms with Gasteiger partial charge in [-0.2, -0.15) is 0 Å². The van der Waals surface area contributed by atoms with E-state index in [2.05, 4.69) is 36.8 Å². The lowest BCUT2D eigenvalue weighted by molar-refractivity contribution is -0.123. The van der Waals surface area contributed by atoms with Gasteiger partial charge in [0.2, 0.25) is 11.8 Å². The maximum Gasteiger partial charge on any atom is 0.238 e. The van der Waals surface area contributed by atoms with Crippen LogP contribution in [0.15, 0.2) is 52.9 Å². The van der Waals surface area contributed by atoms with Crippen molar-refractivity contribution in [3.05, 3.63) is 60.2 Å². The molecule has 0 aliphatic carbocycles. The molecule has 2 atom stereocenters. The molecule has 2 unspecified atom stereocenters. The fourth-order valence-electron chi connectivity index (χ4n) is 3.84. The number of imidazole rings is 1. The summed E-state index contributed by atoms with van der Waals surface area (Å²) in [6.07, 6.45) is 0.686. The largest absolute Gasteiger partial charge is 0.439 e. The maximum atomic E-state index is 12.6. The van der Waals surface area contributed by atoms with Gasteiger partial charge in [-0.05, 0) is 37.6 Å². The summed E-state index contributed by atoms with van der Waals surface area (Å²) in [5.41, 5.74) is 9.95. The Kier molecular flexibility index (Phi) is 4.49. The number of benzene rings is 2. The van der Waals surface area contributed by atoms with E-state index < -0.39 is 0 Å². The highest BCUT2D eigenvalue weighted by atomic mass is 16.3. The zero-order chi connectivity index (χ0) is 19.8. The van der Waals surface area contributed by atoms with Gasteiger partial charge in [0.25, 0.3) is 0 Å². The molecule has 1 amide bonds. The molecule has 1 fully saturated rings. The van der Waals surface area contributed by atoms with Crippen LogP contribution >= 0.6 is 0 Å². The van der Waals surface area contributed by atoms with Gasteiger partial charge in [0.05, 0.1) is 17.6 Å². The van der Waals surface area contributed by atoms with Crippen molar-refractivity contribution in [3.63, 3.8) is 0 Å². The van der Waals surface area contributed by atoms with E-state index in [9.17, 15) is 4.79 Å². The van der Waals surface area contributed by atoms with Crippen molar-refractivity contribution in [3.8, 4) is 0 Å². The number of aryl methyl sites for hydroxylation is 1. The molecule has 1 aliphatic rings.